The van der Waals surface area contributed by atoms with Crippen molar-refractivity contribution in [3.8, 4) is 0 Å². The highest BCUT2D eigenvalue weighted by Crippen LogP contribution is 1.92. The zero-order valence-electron chi connectivity index (χ0n) is 8.67. The minimum Gasteiger partial charge on any atom is -0.346 e. The number of carbonyl (C=O) groups excluding carboxylic acids is 2. The molecule has 5 heteroatoms. The number of rotatable bonds is 5. The van der Waals surface area contributed by atoms with Gasteiger partial charge in [0.15, 0.2) is 0 Å². The minimum atomic E-state index is -0.331. The molecule has 5 nitrogen and oxygen atoms in total. The van der Waals surface area contributed by atoms with Gasteiger partial charge < -0.3 is 16.0 Å². The van der Waals surface area contributed by atoms with Gasteiger partial charge in [-0.05, 0) is 6.92 Å². The van der Waals surface area contributed by atoms with Gasteiger partial charge in [-0.3, -0.25) is 9.59 Å². The zero-order chi connectivity index (χ0) is 11.1. The summed E-state index contributed by atoms with van der Waals surface area (Å²) in [5, 5.41) is 2.40. The molecule has 0 bridgehead atoms. The van der Waals surface area contributed by atoms with Crippen LogP contribution in [0.4, 0.5) is 0 Å². The highest BCUT2D eigenvalue weighted by molar-refractivity contribution is 5.85. The first kappa shape index (κ1) is 12.6. The molecule has 0 aliphatic heterocycles. The summed E-state index contributed by atoms with van der Waals surface area (Å²) in [4.78, 5) is 23.6. The number of nitrogens with two attached hydrogens (primary N) is 1. The van der Waals surface area contributed by atoms with E-state index in [2.05, 4.69) is 11.9 Å². The summed E-state index contributed by atoms with van der Waals surface area (Å²) in [6, 6.07) is 0. The number of hydrogen-bond donors (Lipinski definition) is 2. The zero-order valence-corrected chi connectivity index (χ0v) is 8.67. The lowest BCUT2D eigenvalue weighted by Crippen LogP contribution is -2.40. The van der Waals surface area contributed by atoms with Crippen molar-refractivity contribution < 1.29 is 9.59 Å². The van der Waals surface area contributed by atoms with Gasteiger partial charge >= 0.3 is 0 Å². The number of hydrogen-bond acceptors (Lipinski definition) is 3. The average molecular weight is 199 g/mol. The molecule has 0 fully saturated rings. The maximum absolute atomic E-state index is 11.3. The van der Waals surface area contributed by atoms with E-state index in [-0.39, 0.29) is 24.9 Å². The molecular weight excluding hydrogens is 182 g/mol. The van der Waals surface area contributed by atoms with Crippen LogP contribution in [0.3, 0.4) is 0 Å². The van der Waals surface area contributed by atoms with Crippen LogP contribution in [0, 0.1) is 0 Å². The lowest BCUT2D eigenvalue weighted by molar-refractivity contribution is -0.131. The molecular formula is C9H17N3O2. The monoisotopic (exact) mass is 199 g/mol. The van der Waals surface area contributed by atoms with Crippen molar-refractivity contribution in [2.45, 2.75) is 6.92 Å². The first-order valence-electron chi connectivity index (χ1n) is 4.32. The number of amides is 2. The number of nitrogens with zero attached hydrogens (tertiary/aromatic N) is 1. The molecule has 0 aromatic rings. The molecule has 0 aromatic heterocycles. The molecule has 3 N–H and O–H groups in total. The predicted molar refractivity (Wildman–Crippen MR) is 54.5 cm³/mol. The van der Waals surface area contributed by atoms with Gasteiger partial charge in [0.25, 0.3) is 0 Å². The molecule has 0 saturated heterocycles. The summed E-state index contributed by atoms with van der Waals surface area (Å²) in [5.74, 6) is -0.489. The Morgan fingerprint density at radius 2 is 2.07 bits per heavy atom. The van der Waals surface area contributed by atoms with Crippen molar-refractivity contribution in [1.29, 1.82) is 0 Å². The van der Waals surface area contributed by atoms with Gasteiger partial charge in [0.2, 0.25) is 11.8 Å². The topological polar surface area (TPSA) is 75.4 Å². The number of carbonyl (C=O) groups is 2. The van der Waals surface area contributed by atoms with Crippen LogP contribution < -0.4 is 11.1 Å². The minimum absolute atomic E-state index is 0.0141. The molecule has 0 spiro atoms. The highest BCUT2D eigenvalue weighted by atomic mass is 16.2. The van der Waals surface area contributed by atoms with Gasteiger partial charge in [-0.2, -0.15) is 0 Å². The van der Waals surface area contributed by atoms with E-state index >= 15 is 0 Å². The van der Waals surface area contributed by atoms with Gasteiger partial charge in [0.1, 0.15) is 0 Å². The van der Waals surface area contributed by atoms with E-state index < -0.39 is 0 Å². The average Bonchev–Trinajstić information content (AvgIpc) is 2.12. The van der Waals surface area contributed by atoms with E-state index in [0.717, 1.165) is 5.57 Å². The molecule has 0 unspecified atom stereocenters. The Hall–Kier alpha value is -1.36. The summed E-state index contributed by atoms with van der Waals surface area (Å²) in [7, 11) is 1.66. The third kappa shape index (κ3) is 5.31. The van der Waals surface area contributed by atoms with E-state index in [0.29, 0.717) is 6.54 Å². The molecule has 0 saturated carbocycles. The van der Waals surface area contributed by atoms with E-state index in [1.54, 1.807) is 7.05 Å². The number of likely N-dealkylation sites (N-methyl/N-ethyl adjacent to an activating group) is 1. The summed E-state index contributed by atoms with van der Waals surface area (Å²) in [6.07, 6.45) is 0. The Morgan fingerprint density at radius 1 is 1.50 bits per heavy atom. The first-order chi connectivity index (χ1) is 6.47. The van der Waals surface area contributed by atoms with Crippen LogP contribution in [0.5, 0.6) is 0 Å². The Bertz CT molecular complexity index is 238. The Labute approximate surface area is 83.9 Å². The maximum atomic E-state index is 11.3. The van der Waals surface area contributed by atoms with Gasteiger partial charge in [0, 0.05) is 13.6 Å². The summed E-state index contributed by atoms with van der Waals surface area (Å²) in [5.41, 5.74) is 5.96. The fourth-order valence-electron chi connectivity index (χ4n) is 0.874. The molecule has 2 amide bonds. The van der Waals surface area contributed by atoms with Crippen molar-refractivity contribution in [2.24, 2.45) is 5.73 Å². The molecule has 0 aliphatic rings. The van der Waals surface area contributed by atoms with Gasteiger partial charge in [-0.1, -0.05) is 12.2 Å². The second-order valence-electron chi connectivity index (χ2n) is 3.19. The smallest absolute Gasteiger partial charge is 0.241 e. The quantitative estimate of drug-likeness (QED) is 0.563. The third-order valence-corrected chi connectivity index (χ3v) is 1.56. The Kier molecular flexibility index (Phi) is 5.55. The van der Waals surface area contributed by atoms with Crippen LogP contribution in [-0.4, -0.2) is 43.4 Å². The molecule has 0 aliphatic carbocycles. The molecule has 0 aromatic carbocycles. The van der Waals surface area contributed by atoms with Crippen molar-refractivity contribution in [3.63, 3.8) is 0 Å². The third-order valence-electron chi connectivity index (χ3n) is 1.56. The molecule has 0 radical (unpaired) electrons. The normalized spacial score (nSPS) is 9.36. The van der Waals surface area contributed by atoms with Crippen LogP contribution in [0.1, 0.15) is 6.92 Å². The van der Waals surface area contributed by atoms with E-state index in [1.165, 1.54) is 4.90 Å². The highest BCUT2D eigenvalue weighted by Gasteiger charge is 2.08. The van der Waals surface area contributed by atoms with Crippen molar-refractivity contribution in [2.75, 3.05) is 26.7 Å². The second-order valence-corrected chi connectivity index (χ2v) is 3.19. The van der Waals surface area contributed by atoms with Crippen LogP contribution in [0.15, 0.2) is 12.2 Å². The van der Waals surface area contributed by atoms with Crippen molar-refractivity contribution >= 4 is 11.8 Å². The lowest BCUT2D eigenvalue weighted by atomic mass is 10.3. The molecule has 0 rings (SSSR count). The van der Waals surface area contributed by atoms with Crippen LogP contribution in [0.2, 0.25) is 0 Å². The fraction of sp³-hybridized carbons (Fsp3) is 0.556. The Morgan fingerprint density at radius 3 is 2.50 bits per heavy atom. The standard InChI is InChI=1S/C9H17N3O2/c1-7(2)6-12(3)9(14)5-11-8(13)4-10/h1,4-6,10H2,2-3H3,(H,11,13). The van der Waals surface area contributed by atoms with Crippen molar-refractivity contribution in [3.05, 3.63) is 12.2 Å². The lowest BCUT2D eigenvalue weighted by Gasteiger charge is -2.17. The molecule has 14 heavy (non-hydrogen) atoms. The molecule has 0 heterocycles. The first-order valence-corrected chi connectivity index (χ1v) is 4.32. The summed E-state index contributed by atoms with van der Waals surface area (Å²) in [6.45, 7) is 5.91. The van der Waals surface area contributed by atoms with Gasteiger partial charge in [0.05, 0.1) is 13.1 Å². The van der Waals surface area contributed by atoms with Crippen molar-refractivity contribution in [1.82, 2.24) is 10.2 Å². The van der Waals surface area contributed by atoms with Crippen LogP contribution in [-0.2, 0) is 9.59 Å². The number of nitrogens with one attached hydrogen (secondary N) is 1. The van der Waals surface area contributed by atoms with Gasteiger partial charge in [-0.15, -0.1) is 0 Å². The van der Waals surface area contributed by atoms with Gasteiger partial charge in [-0.25, -0.2) is 0 Å². The van der Waals surface area contributed by atoms with Crippen LogP contribution >= 0.6 is 0 Å². The Balaban J connectivity index is 3.84. The maximum Gasteiger partial charge on any atom is 0.241 e. The molecule has 80 valence electrons. The fourth-order valence-corrected chi connectivity index (χ4v) is 0.874. The van der Waals surface area contributed by atoms with E-state index in [4.69, 9.17) is 5.73 Å². The summed E-state index contributed by atoms with van der Waals surface area (Å²) < 4.78 is 0. The largest absolute Gasteiger partial charge is 0.346 e. The van der Waals surface area contributed by atoms with E-state index in [1.807, 2.05) is 6.92 Å². The predicted octanol–water partition coefficient (Wildman–Crippen LogP) is -0.904. The SMILES string of the molecule is C=C(C)CN(C)C(=O)CNC(=O)CN. The molecule has 0 atom stereocenters. The second kappa shape index (κ2) is 6.15. The summed E-state index contributed by atoms with van der Waals surface area (Å²) >= 11 is 0. The van der Waals surface area contributed by atoms with E-state index in [9.17, 15) is 9.59 Å². The van der Waals surface area contributed by atoms with Crippen LogP contribution in [0.25, 0.3) is 0 Å².